The van der Waals surface area contributed by atoms with Crippen molar-refractivity contribution in [1.82, 2.24) is 0 Å². The zero-order valence-electron chi connectivity index (χ0n) is 14.3. The monoisotopic (exact) mass is 327 g/mol. The number of hydrogen-bond acceptors (Lipinski definition) is 4. The molecule has 0 bridgehead atoms. The number of carbonyl (C=O) groups is 2. The number of carbonyl (C=O) groups excluding carboxylic acids is 2. The second-order valence-electron chi connectivity index (χ2n) is 5.48. The van der Waals surface area contributed by atoms with Gasteiger partial charge in [-0.3, -0.25) is 4.79 Å². The summed E-state index contributed by atoms with van der Waals surface area (Å²) >= 11 is 0. The third kappa shape index (κ3) is 3.93. The lowest BCUT2D eigenvalue weighted by Crippen LogP contribution is -2.30. The van der Waals surface area contributed by atoms with Crippen molar-refractivity contribution in [1.29, 1.82) is 0 Å². The third-order valence-corrected chi connectivity index (χ3v) is 3.84. The van der Waals surface area contributed by atoms with Crippen molar-refractivity contribution in [3.8, 4) is 5.75 Å². The van der Waals surface area contributed by atoms with Crippen molar-refractivity contribution in [3.05, 3.63) is 59.2 Å². The van der Waals surface area contributed by atoms with Gasteiger partial charge in [0.1, 0.15) is 5.75 Å². The number of anilines is 1. The molecule has 2 aromatic carbocycles. The molecule has 0 aromatic heterocycles. The Morgan fingerprint density at radius 1 is 1.04 bits per heavy atom. The van der Waals surface area contributed by atoms with E-state index in [1.807, 2.05) is 19.9 Å². The summed E-state index contributed by atoms with van der Waals surface area (Å²) in [5, 5.41) is 2.70. The first-order chi connectivity index (χ1) is 11.4. The molecular weight excluding hydrogens is 306 g/mol. The van der Waals surface area contributed by atoms with Gasteiger partial charge in [-0.25, -0.2) is 4.79 Å². The molecular formula is C19H21NO4. The normalized spacial score (nSPS) is 11.5. The minimum Gasteiger partial charge on any atom is -0.495 e. The summed E-state index contributed by atoms with van der Waals surface area (Å²) in [6, 6.07) is 12.4. The number of aryl methyl sites for hydroxylation is 1. The summed E-state index contributed by atoms with van der Waals surface area (Å²) in [7, 11) is 1.52. The average molecular weight is 327 g/mol. The van der Waals surface area contributed by atoms with Gasteiger partial charge < -0.3 is 14.8 Å². The Kier molecular flexibility index (Phi) is 5.58. The molecule has 2 aromatic rings. The quantitative estimate of drug-likeness (QED) is 0.854. The second kappa shape index (κ2) is 7.64. The highest BCUT2D eigenvalue weighted by molar-refractivity contribution is 5.98. The lowest BCUT2D eigenvalue weighted by Gasteiger charge is -2.16. The molecule has 2 rings (SSSR count). The highest BCUT2D eigenvalue weighted by atomic mass is 16.5. The molecule has 24 heavy (non-hydrogen) atoms. The molecule has 0 aliphatic carbocycles. The van der Waals surface area contributed by atoms with Crippen molar-refractivity contribution in [2.24, 2.45) is 0 Å². The average Bonchev–Trinajstić information content (AvgIpc) is 2.57. The Hall–Kier alpha value is -2.82. The van der Waals surface area contributed by atoms with Gasteiger partial charge in [-0.1, -0.05) is 24.3 Å². The number of methoxy groups -OCH3 is 1. The first-order valence-corrected chi connectivity index (χ1v) is 7.65. The fourth-order valence-electron chi connectivity index (χ4n) is 2.23. The van der Waals surface area contributed by atoms with Crippen LogP contribution < -0.4 is 10.1 Å². The second-order valence-corrected chi connectivity index (χ2v) is 5.48. The lowest BCUT2D eigenvalue weighted by molar-refractivity contribution is -0.123. The summed E-state index contributed by atoms with van der Waals surface area (Å²) in [6.45, 7) is 5.31. The highest BCUT2D eigenvalue weighted by Crippen LogP contribution is 2.23. The van der Waals surface area contributed by atoms with Crippen LogP contribution >= 0.6 is 0 Å². The fraction of sp³-hybridized carbons (Fsp3) is 0.263. The van der Waals surface area contributed by atoms with Gasteiger partial charge in [0.2, 0.25) is 0 Å². The Morgan fingerprint density at radius 2 is 1.75 bits per heavy atom. The van der Waals surface area contributed by atoms with Gasteiger partial charge in [-0.05, 0) is 50.1 Å². The van der Waals surface area contributed by atoms with E-state index in [1.165, 1.54) is 14.0 Å². The van der Waals surface area contributed by atoms with Crippen LogP contribution in [0.3, 0.4) is 0 Å². The van der Waals surface area contributed by atoms with Crippen molar-refractivity contribution < 1.29 is 19.1 Å². The standard InChI is InChI=1S/C19H21NO4/c1-12-8-7-9-15(13(12)2)19(22)24-14(3)18(21)20-16-10-5-6-11-17(16)23-4/h5-11,14H,1-4H3,(H,20,21). The van der Waals surface area contributed by atoms with Gasteiger partial charge in [-0.2, -0.15) is 0 Å². The van der Waals surface area contributed by atoms with Crippen LogP contribution in [0.15, 0.2) is 42.5 Å². The zero-order chi connectivity index (χ0) is 17.7. The number of hydrogen-bond donors (Lipinski definition) is 1. The van der Waals surface area contributed by atoms with Crippen molar-refractivity contribution in [2.45, 2.75) is 26.9 Å². The van der Waals surface area contributed by atoms with E-state index >= 15 is 0 Å². The van der Waals surface area contributed by atoms with E-state index < -0.39 is 18.0 Å². The number of para-hydroxylation sites is 2. The fourth-order valence-corrected chi connectivity index (χ4v) is 2.23. The maximum absolute atomic E-state index is 12.3. The molecule has 1 N–H and O–H groups in total. The summed E-state index contributed by atoms with van der Waals surface area (Å²) in [6.07, 6.45) is -0.928. The molecule has 5 nitrogen and oxygen atoms in total. The van der Waals surface area contributed by atoms with Gasteiger partial charge in [0, 0.05) is 0 Å². The largest absolute Gasteiger partial charge is 0.495 e. The minimum absolute atomic E-state index is 0.418. The minimum atomic E-state index is -0.928. The van der Waals surface area contributed by atoms with Crippen molar-refractivity contribution >= 4 is 17.6 Å². The Balaban J connectivity index is 2.06. The molecule has 0 heterocycles. The van der Waals surface area contributed by atoms with E-state index in [4.69, 9.17) is 9.47 Å². The van der Waals surface area contributed by atoms with Crippen LogP contribution in [0.1, 0.15) is 28.4 Å². The van der Waals surface area contributed by atoms with Gasteiger partial charge >= 0.3 is 5.97 Å². The first-order valence-electron chi connectivity index (χ1n) is 7.65. The first kappa shape index (κ1) is 17.5. The van der Waals surface area contributed by atoms with Crippen LogP contribution in [0.2, 0.25) is 0 Å². The summed E-state index contributed by atoms with van der Waals surface area (Å²) < 4.78 is 10.5. The van der Waals surface area contributed by atoms with Crippen LogP contribution in [0, 0.1) is 13.8 Å². The van der Waals surface area contributed by atoms with Crippen LogP contribution in [0.4, 0.5) is 5.69 Å². The van der Waals surface area contributed by atoms with Crippen LogP contribution in [-0.2, 0) is 9.53 Å². The van der Waals surface area contributed by atoms with Crippen molar-refractivity contribution in [2.75, 3.05) is 12.4 Å². The smallest absolute Gasteiger partial charge is 0.339 e. The number of benzene rings is 2. The van der Waals surface area contributed by atoms with Gasteiger partial charge in [0.25, 0.3) is 5.91 Å². The van der Waals surface area contributed by atoms with E-state index in [-0.39, 0.29) is 0 Å². The van der Waals surface area contributed by atoms with E-state index in [2.05, 4.69) is 5.32 Å². The lowest BCUT2D eigenvalue weighted by atomic mass is 10.0. The Labute approximate surface area is 141 Å². The van der Waals surface area contributed by atoms with Gasteiger partial charge in [0.05, 0.1) is 18.4 Å². The van der Waals surface area contributed by atoms with E-state index in [0.717, 1.165) is 11.1 Å². The molecule has 0 radical (unpaired) electrons. The van der Waals surface area contributed by atoms with E-state index in [1.54, 1.807) is 36.4 Å². The van der Waals surface area contributed by atoms with E-state index in [9.17, 15) is 9.59 Å². The molecule has 5 heteroatoms. The maximum atomic E-state index is 12.3. The predicted octanol–water partition coefficient (Wildman–Crippen LogP) is 3.50. The molecule has 0 spiro atoms. The number of nitrogens with one attached hydrogen (secondary N) is 1. The SMILES string of the molecule is COc1ccccc1NC(=O)C(C)OC(=O)c1cccc(C)c1C. The van der Waals surface area contributed by atoms with Crippen LogP contribution in [-0.4, -0.2) is 25.1 Å². The van der Waals surface area contributed by atoms with Gasteiger partial charge in [0.15, 0.2) is 6.10 Å². The molecule has 0 fully saturated rings. The summed E-state index contributed by atoms with van der Waals surface area (Å²) in [5.41, 5.74) is 2.84. The zero-order valence-corrected chi connectivity index (χ0v) is 14.3. The van der Waals surface area contributed by atoms with Crippen LogP contribution in [0.5, 0.6) is 5.75 Å². The molecule has 0 saturated carbocycles. The molecule has 1 unspecified atom stereocenters. The predicted molar refractivity (Wildman–Crippen MR) is 92.4 cm³/mol. The Morgan fingerprint density at radius 3 is 2.46 bits per heavy atom. The number of rotatable bonds is 5. The molecule has 1 atom stereocenters. The van der Waals surface area contributed by atoms with Crippen LogP contribution in [0.25, 0.3) is 0 Å². The Bertz CT molecular complexity index is 755. The van der Waals surface area contributed by atoms with Gasteiger partial charge in [-0.15, -0.1) is 0 Å². The summed E-state index contributed by atoms with van der Waals surface area (Å²) in [4.78, 5) is 24.5. The molecule has 0 aliphatic rings. The number of ether oxygens (including phenoxy) is 2. The maximum Gasteiger partial charge on any atom is 0.339 e. The number of amides is 1. The summed E-state index contributed by atoms with van der Waals surface area (Å²) in [5.74, 6) is -0.393. The highest BCUT2D eigenvalue weighted by Gasteiger charge is 2.21. The van der Waals surface area contributed by atoms with E-state index in [0.29, 0.717) is 17.0 Å². The van der Waals surface area contributed by atoms with Crippen molar-refractivity contribution in [3.63, 3.8) is 0 Å². The number of esters is 1. The molecule has 0 aliphatic heterocycles. The topological polar surface area (TPSA) is 64.6 Å². The third-order valence-electron chi connectivity index (χ3n) is 3.84. The molecule has 1 amide bonds. The molecule has 126 valence electrons. The molecule has 0 saturated heterocycles.